The number of aliphatic carboxylic acids is 1. The Labute approximate surface area is 338 Å². The van der Waals surface area contributed by atoms with Gasteiger partial charge in [-0.25, -0.2) is 4.98 Å². The van der Waals surface area contributed by atoms with Crippen LogP contribution in [0.3, 0.4) is 0 Å². The van der Waals surface area contributed by atoms with E-state index >= 15 is 0 Å². The maximum absolute atomic E-state index is 11.8. The monoisotopic (exact) mass is 793 g/mol. The van der Waals surface area contributed by atoms with Crippen molar-refractivity contribution in [2.24, 2.45) is 5.92 Å². The summed E-state index contributed by atoms with van der Waals surface area (Å²) in [5.41, 5.74) is 8.21. The highest BCUT2D eigenvalue weighted by Gasteiger charge is 2.44. The normalized spacial score (nSPS) is 19.4. The summed E-state index contributed by atoms with van der Waals surface area (Å²) in [6.07, 6.45) is 9.23. The SMILES string of the molecule is CCCC1(N(C)Cc2cc(Cl)c(Cn3ncc4c(-c5cccc(-c6cnc(CNCC7CCC(=O)N7)c(OC)n6)c5C)cccc43)cc2OC)CCC(C(=O)O)C1. The van der Waals surface area contributed by atoms with Crippen molar-refractivity contribution in [2.45, 2.75) is 90.0 Å². The summed E-state index contributed by atoms with van der Waals surface area (Å²) >= 11 is 7.01. The predicted octanol–water partition coefficient (Wildman–Crippen LogP) is 7.41. The van der Waals surface area contributed by atoms with E-state index in [1.807, 2.05) is 35.1 Å². The van der Waals surface area contributed by atoms with Gasteiger partial charge in [-0.15, -0.1) is 0 Å². The van der Waals surface area contributed by atoms with Crippen molar-refractivity contribution in [3.63, 3.8) is 0 Å². The van der Waals surface area contributed by atoms with Crippen molar-refractivity contribution in [3.05, 3.63) is 88.3 Å². The van der Waals surface area contributed by atoms with Crippen LogP contribution < -0.4 is 20.1 Å². The number of hydrogen-bond donors (Lipinski definition) is 3. The molecule has 2 fully saturated rings. The standard InChI is InChI=1S/C44H52ClN7O5/c1-6-16-44(17-15-28(20-44)43(54)55)51(3)25-30-18-36(45)29(19-40(30)56-4)26-52-39-12-8-11-34(35(39)22-48-52)32-9-7-10-33(27(32)2)37-24-47-38(42(50-37)57-5)23-46-21-31-13-14-41(53)49-31/h7-12,18-19,22,24,28,31,46H,6,13-17,20-21,23,25-26H2,1-5H3,(H,49,53)(H,54,55). The van der Waals surface area contributed by atoms with Gasteiger partial charge in [0.2, 0.25) is 11.8 Å². The zero-order chi connectivity index (χ0) is 40.3. The molecule has 0 radical (unpaired) electrons. The second-order valence-corrected chi connectivity index (χ2v) is 15.9. The first kappa shape index (κ1) is 40.2. The molecule has 5 aromatic rings. The van der Waals surface area contributed by atoms with Crippen molar-refractivity contribution < 1.29 is 24.2 Å². The van der Waals surface area contributed by atoms with Crippen LogP contribution in [0.25, 0.3) is 33.3 Å². The third-order valence-corrected chi connectivity index (χ3v) is 12.3. The smallest absolute Gasteiger partial charge is 0.306 e. The third kappa shape index (κ3) is 8.35. The number of aromatic nitrogens is 4. The number of carbonyl (C=O) groups excluding carboxylic acids is 1. The largest absolute Gasteiger partial charge is 0.496 e. The minimum atomic E-state index is -0.705. The Hall–Kier alpha value is -5.04. The number of amides is 1. The number of fused-ring (bicyclic) bond motifs is 1. The fraction of sp³-hybridized carbons (Fsp3) is 0.432. The van der Waals surface area contributed by atoms with E-state index in [1.165, 1.54) is 0 Å². The zero-order valence-corrected chi connectivity index (χ0v) is 34.2. The van der Waals surface area contributed by atoms with E-state index in [0.717, 1.165) is 75.7 Å². The topological polar surface area (TPSA) is 144 Å². The second kappa shape index (κ2) is 17.2. The fourth-order valence-corrected chi connectivity index (χ4v) is 9.12. The van der Waals surface area contributed by atoms with Crippen LogP contribution in [0.4, 0.5) is 0 Å². The molecule has 1 saturated carbocycles. The van der Waals surface area contributed by atoms with Gasteiger partial charge in [0.25, 0.3) is 0 Å². The van der Waals surface area contributed by atoms with Crippen LogP contribution >= 0.6 is 11.6 Å². The Kier molecular flexibility index (Phi) is 12.1. The quantitative estimate of drug-likeness (QED) is 0.0924. The number of benzene rings is 3. The van der Waals surface area contributed by atoms with Gasteiger partial charge >= 0.3 is 5.97 Å². The molecule has 3 N–H and O–H groups in total. The van der Waals surface area contributed by atoms with Crippen molar-refractivity contribution in [1.29, 1.82) is 0 Å². The van der Waals surface area contributed by atoms with Crippen LogP contribution in [0, 0.1) is 12.8 Å². The van der Waals surface area contributed by atoms with Crippen LogP contribution in [-0.4, -0.2) is 81.0 Å². The number of methoxy groups -OCH3 is 2. The van der Waals surface area contributed by atoms with E-state index in [-0.39, 0.29) is 23.4 Å². The molecule has 12 nitrogen and oxygen atoms in total. The lowest BCUT2D eigenvalue weighted by atomic mass is 9.88. The van der Waals surface area contributed by atoms with Gasteiger partial charge in [0.1, 0.15) is 11.4 Å². The molecule has 3 unspecified atom stereocenters. The summed E-state index contributed by atoms with van der Waals surface area (Å²) in [6, 6.07) is 16.6. The van der Waals surface area contributed by atoms with Crippen molar-refractivity contribution in [3.8, 4) is 34.0 Å². The van der Waals surface area contributed by atoms with Gasteiger partial charge in [-0.1, -0.05) is 55.3 Å². The lowest BCUT2D eigenvalue weighted by Crippen LogP contribution is -2.44. The molecule has 300 valence electrons. The molecule has 3 heterocycles. The van der Waals surface area contributed by atoms with Gasteiger partial charge in [-0.05, 0) is 86.5 Å². The van der Waals surface area contributed by atoms with E-state index in [1.54, 1.807) is 20.4 Å². The lowest BCUT2D eigenvalue weighted by molar-refractivity contribution is -0.141. The first-order chi connectivity index (χ1) is 27.5. The molecule has 2 aliphatic rings. The summed E-state index contributed by atoms with van der Waals surface area (Å²) in [5, 5.41) is 22.6. The maximum atomic E-state index is 11.8. The van der Waals surface area contributed by atoms with Crippen molar-refractivity contribution >= 4 is 34.4 Å². The van der Waals surface area contributed by atoms with E-state index in [2.05, 4.69) is 60.7 Å². The second-order valence-electron chi connectivity index (χ2n) is 15.5. The van der Waals surface area contributed by atoms with Gasteiger partial charge in [0, 0.05) is 59.2 Å². The van der Waals surface area contributed by atoms with Gasteiger partial charge in [0.05, 0.1) is 50.3 Å². The summed E-state index contributed by atoms with van der Waals surface area (Å²) in [6.45, 7) is 6.44. The van der Waals surface area contributed by atoms with Crippen LogP contribution in [0.5, 0.6) is 11.6 Å². The molecule has 2 aromatic heterocycles. The summed E-state index contributed by atoms with van der Waals surface area (Å²) in [7, 11) is 5.37. The Morgan fingerprint density at radius 1 is 1.09 bits per heavy atom. The number of hydrogen-bond acceptors (Lipinski definition) is 9. The molecule has 7 rings (SSSR count). The maximum Gasteiger partial charge on any atom is 0.306 e. The Morgan fingerprint density at radius 2 is 1.88 bits per heavy atom. The van der Waals surface area contributed by atoms with Gasteiger partial charge < -0.3 is 25.2 Å². The molecule has 57 heavy (non-hydrogen) atoms. The number of carbonyl (C=O) groups is 2. The average molecular weight is 794 g/mol. The zero-order valence-electron chi connectivity index (χ0n) is 33.4. The Morgan fingerprint density at radius 3 is 2.60 bits per heavy atom. The fourth-order valence-electron chi connectivity index (χ4n) is 8.88. The van der Waals surface area contributed by atoms with Gasteiger partial charge in [-0.2, -0.15) is 5.10 Å². The molecule has 3 atom stereocenters. The van der Waals surface area contributed by atoms with E-state index in [4.69, 9.17) is 36.1 Å². The summed E-state index contributed by atoms with van der Waals surface area (Å²) < 4.78 is 13.6. The molecule has 3 aromatic carbocycles. The van der Waals surface area contributed by atoms with Crippen LogP contribution in [0.2, 0.25) is 5.02 Å². The van der Waals surface area contributed by atoms with E-state index < -0.39 is 5.97 Å². The third-order valence-electron chi connectivity index (χ3n) is 12.0. The van der Waals surface area contributed by atoms with Gasteiger partial charge in [-0.3, -0.25) is 24.2 Å². The van der Waals surface area contributed by atoms with Crippen LogP contribution in [-0.2, 0) is 29.2 Å². The molecule has 13 heteroatoms. The highest BCUT2D eigenvalue weighted by atomic mass is 35.5. The number of carboxylic acids is 1. The molecule has 1 saturated heterocycles. The lowest BCUT2D eigenvalue weighted by Gasteiger charge is -2.39. The molecule has 0 spiro atoms. The van der Waals surface area contributed by atoms with Gasteiger partial charge in [0.15, 0.2) is 0 Å². The summed E-state index contributed by atoms with van der Waals surface area (Å²) in [4.78, 5) is 35.3. The number of rotatable bonds is 16. The predicted molar refractivity (Wildman–Crippen MR) is 222 cm³/mol. The molecule has 1 aliphatic carbocycles. The number of nitrogens with one attached hydrogen (secondary N) is 2. The summed E-state index contributed by atoms with van der Waals surface area (Å²) in [5.74, 6) is 0.284. The average Bonchev–Trinajstić information content (AvgIpc) is 3.95. The highest BCUT2D eigenvalue weighted by Crippen LogP contribution is 2.43. The Balaban J connectivity index is 1.11. The van der Waals surface area contributed by atoms with E-state index in [9.17, 15) is 14.7 Å². The molecule has 0 bridgehead atoms. The Bertz CT molecular complexity index is 2280. The number of nitrogens with zero attached hydrogens (tertiary/aromatic N) is 5. The van der Waals surface area contributed by atoms with Crippen molar-refractivity contribution in [2.75, 3.05) is 27.8 Å². The first-order valence-corrected chi connectivity index (χ1v) is 20.2. The molecular formula is C44H52ClN7O5. The minimum Gasteiger partial charge on any atom is -0.496 e. The number of ether oxygens (including phenoxy) is 2. The van der Waals surface area contributed by atoms with E-state index in [0.29, 0.717) is 67.7 Å². The molecular weight excluding hydrogens is 742 g/mol. The van der Waals surface area contributed by atoms with Crippen LogP contribution in [0.15, 0.2) is 60.9 Å². The number of carboxylic acid groups (broad SMARTS) is 1. The minimum absolute atomic E-state index is 0.0962. The molecule has 1 amide bonds. The molecule has 1 aliphatic heterocycles. The van der Waals surface area contributed by atoms with Crippen LogP contribution in [0.1, 0.15) is 74.3 Å². The first-order valence-electron chi connectivity index (χ1n) is 19.8. The number of halogens is 1. The van der Waals surface area contributed by atoms with Crippen molar-refractivity contribution in [1.82, 2.24) is 35.3 Å². The highest BCUT2D eigenvalue weighted by molar-refractivity contribution is 6.31.